The van der Waals surface area contributed by atoms with Gasteiger partial charge in [-0.2, -0.15) is 15.3 Å². The Hall–Kier alpha value is -3.19. The molecule has 4 aromatic rings. The van der Waals surface area contributed by atoms with Crippen LogP contribution in [0.4, 0.5) is 0 Å². The number of rotatable bonds is 8. The van der Waals surface area contributed by atoms with E-state index in [1.54, 1.807) is 29.1 Å². The number of carbonyl (C=O) groups is 1. The van der Waals surface area contributed by atoms with Crippen molar-refractivity contribution in [2.75, 3.05) is 0 Å². The fourth-order valence-corrected chi connectivity index (χ4v) is 3.22. The second kappa shape index (κ2) is 10.6. The first kappa shape index (κ1) is 24.5. The van der Waals surface area contributed by atoms with Crippen molar-refractivity contribution in [1.29, 1.82) is 5.26 Å². The van der Waals surface area contributed by atoms with Gasteiger partial charge in [0.15, 0.2) is 0 Å². The van der Waals surface area contributed by atoms with Gasteiger partial charge in [-0.25, -0.2) is 0 Å². The maximum Gasteiger partial charge on any atom is 1.00 e. The molecule has 164 valence electrons. The summed E-state index contributed by atoms with van der Waals surface area (Å²) in [6.45, 7) is 4.26. The number of hydrogen-bond donors (Lipinski definition) is 1. The summed E-state index contributed by atoms with van der Waals surface area (Å²) in [5.74, 6) is 0.349. The van der Waals surface area contributed by atoms with Crippen molar-refractivity contribution in [3.05, 3.63) is 48.2 Å². The predicted octanol–water partition coefficient (Wildman–Crippen LogP) is 1.39. The topological polar surface area (TPSA) is 127 Å². The third-order valence-electron chi connectivity index (χ3n) is 5.11. The smallest absolute Gasteiger partial charge is 1.00 e. The van der Waals surface area contributed by atoms with Gasteiger partial charge in [0.25, 0.3) is 5.89 Å². The number of aryl methyl sites for hydroxylation is 1. The second-order valence-electron chi connectivity index (χ2n) is 7.37. The van der Waals surface area contributed by atoms with E-state index in [-0.39, 0.29) is 43.5 Å². The van der Waals surface area contributed by atoms with E-state index in [1.807, 2.05) is 32.0 Å². The first-order valence-electron chi connectivity index (χ1n) is 10.2. The first-order valence-corrected chi connectivity index (χ1v) is 10.2. The van der Waals surface area contributed by atoms with Crippen molar-refractivity contribution in [2.24, 2.45) is 0 Å². The van der Waals surface area contributed by atoms with E-state index in [0.717, 1.165) is 22.9 Å². The Labute approximate surface area is 213 Å². The molecule has 0 radical (unpaired) electrons. The van der Waals surface area contributed by atoms with Crippen LogP contribution < -0.4 is 34.3 Å². The Morgan fingerprint density at radius 2 is 2.09 bits per heavy atom. The zero-order valence-corrected chi connectivity index (χ0v) is 20.6. The maximum atomic E-state index is 10.8. The molecule has 33 heavy (non-hydrogen) atoms. The van der Waals surface area contributed by atoms with Gasteiger partial charge >= 0.3 is 35.5 Å². The van der Waals surface area contributed by atoms with Crippen LogP contribution in [0.25, 0.3) is 33.7 Å². The molecule has 0 unspecified atom stereocenters. The van der Waals surface area contributed by atoms with Crippen molar-refractivity contribution >= 4 is 16.9 Å². The van der Waals surface area contributed by atoms with E-state index in [9.17, 15) is 10.1 Å². The summed E-state index contributed by atoms with van der Waals surface area (Å²) in [7, 11) is 0. The summed E-state index contributed by atoms with van der Waals surface area (Å²) in [4.78, 5) is 15.3. The number of ether oxygens (including phenoxy) is 1. The molecule has 2 heterocycles. The number of carboxylic acid groups (broad SMARTS) is 1. The molecule has 0 aliphatic rings. The first-order chi connectivity index (χ1) is 15.5. The van der Waals surface area contributed by atoms with Gasteiger partial charge in [-0.3, -0.25) is 9.48 Å². The normalized spacial score (nSPS) is 11.5. The van der Waals surface area contributed by atoms with Gasteiger partial charge in [-0.05, 0) is 49.7 Å². The fraction of sp³-hybridized carbons (Fsp3) is 0.261. The Morgan fingerprint density at radius 3 is 2.82 bits per heavy atom. The fourth-order valence-electron chi connectivity index (χ4n) is 3.22. The van der Waals surface area contributed by atoms with E-state index in [2.05, 4.69) is 21.3 Å². The van der Waals surface area contributed by atoms with Gasteiger partial charge < -0.3 is 15.8 Å². The molecule has 10 heteroatoms. The summed E-state index contributed by atoms with van der Waals surface area (Å²) in [6, 6.07) is 12.9. The van der Waals surface area contributed by atoms with Crippen LogP contribution in [0.1, 0.15) is 33.7 Å². The van der Waals surface area contributed by atoms with E-state index in [4.69, 9.17) is 14.4 Å². The molecule has 0 saturated heterocycles. The minimum absolute atomic E-state index is 0. The number of benzene rings is 2. The minimum Gasteiger partial charge on any atom is -1.00 e. The summed E-state index contributed by atoms with van der Waals surface area (Å²) in [5, 5.41) is 27.5. The van der Waals surface area contributed by atoms with E-state index >= 15 is 0 Å². The third kappa shape index (κ3) is 5.42. The number of carboxylic acids is 1. The molecule has 0 fully saturated rings. The van der Waals surface area contributed by atoms with Gasteiger partial charge in [0.05, 0.1) is 36.3 Å². The number of nitriles is 1. The van der Waals surface area contributed by atoms with Gasteiger partial charge in [-0.1, -0.05) is 12.1 Å². The maximum absolute atomic E-state index is 10.8. The van der Waals surface area contributed by atoms with Gasteiger partial charge in [0, 0.05) is 16.5 Å². The second-order valence-corrected chi connectivity index (χ2v) is 7.37. The molecule has 0 bridgehead atoms. The molecular weight excluding hydrogens is 433 g/mol. The van der Waals surface area contributed by atoms with Crippen molar-refractivity contribution in [3.8, 4) is 34.7 Å². The zero-order chi connectivity index (χ0) is 22.7. The molecule has 2 aromatic heterocycles. The Bertz CT molecular complexity index is 1330. The summed E-state index contributed by atoms with van der Waals surface area (Å²) >= 11 is 0. The number of aromatic nitrogens is 4. The largest absolute Gasteiger partial charge is 1.00 e. The number of nitrogens with zero attached hydrogens (tertiary/aromatic N) is 5. The number of hydrogen-bond acceptors (Lipinski definition) is 7. The van der Waals surface area contributed by atoms with Crippen LogP contribution in [0.5, 0.6) is 5.75 Å². The molecule has 0 amide bonds. The van der Waals surface area contributed by atoms with Crippen LogP contribution in [-0.4, -0.2) is 37.1 Å². The molecule has 0 spiro atoms. The van der Waals surface area contributed by atoms with Crippen LogP contribution >= 0.6 is 0 Å². The van der Waals surface area contributed by atoms with Gasteiger partial charge in [0.2, 0.25) is 5.82 Å². The van der Waals surface area contributed by atoms with E-state index in [1.165, 1.54) is 0 Å². The van der Waals surface area contributed by atoms with Gasteiger partial charge in [-0.15, -0.1) is 0 Å². The SMILES string of the molecule is CC[C@H](C)Oc1ccc(-c2nc(-c3ccc4c(cnn4CCC(=O)O)c3)no2)cc1C#N.[H-].[Na+]. The molecule has 2 aromatic carbocycles. The third-order valence-corrected chi connectivity index (χ3v) is 5.11. The monoisotopic (exact) mass is 455 g/mol. The number of fused-ring (bicyclic) bond motifs is 1. The van der Waals surface area contributed by atoms with Crippen molar-refractivity contribution in [1.82, 2.24) is 19.9 Å². The Balaban J connectivity index is 0.00000204. The standard InChI is InChI=1S/C23H21N5O4.Na.H/c1-3-14(2)31-20-7-5-16(11-17(20)12-24)23-26-22(27-32-23)15-4-6-19-18(10-15)13-25-28(19)9-8-21(29)30;;/h4-7,10-11,13-14H,3,8-9H2,1-2H3,(H,29,30);;/q;+1;-1/t14-;;/m0../s1. The van der Waals surface area contributed by atoms with Crippen LogP contribution in [0.15, 0.2) is 47.1 Å². The molecule has 1 atom stereocenters. The predicted molar refractivity (Wildman–Crippen MR) is 117 cm³/mol. The van der Waals surface area contributed by atoms with E-state index in [0.29, 0.717) is 35.1 Å². The summed E-state index contributed by atoms with van der Waals surface area (Å²) < 4.78 is 12.9. The van der Waals surface area contributed by atoms with Crippen LogP contribution in [0, 0.1) is 11.3 Å². The molecule has 9 nitrogen and oxygen atoms in total. The van der Waals surface area contributed by atoms with Crippen molar-refractivity contribution in [3.63, 3.8) is 0 Å². The van der Waals surface area contributed by atoms with Crippen LogP contribution in [0.2, 0.25) is 0 Å². The Kier molecular flexibility index (Phi) is 7.87. The summed E-state index contributed by atoms with van der Waals surface area (Å²) in [5.41, 5.74) is 2.59. The Morgan fingerprint density at radius 1 is 1.30 bits per heavy atom. The molecule has 0 aliphatic carbocycles. The average Bonchev–Trinajstić information content (AvgIpc) is 3.45. The molecule has 4 rings (SSSR count). The molecule has 0 aliphatic heterocycles. The molecular formula is C23H22N5NaO4. The zero-order valence-electron chi connectivity index (χ0n) is 19.6. The molecule has 1 N–H and O–H groups in total. The van der Waals surface area contributed by atoms with E-state index < -0.39 is 5.97 Å². The summed E-state index contributed by atoms with van der Waals surface area (Å²) in [6.07, 6.45) is 2.52. The number of aliphatic carboxylic acids is 1. The van der Waals surface area contributed by atoms with Crippen LogP contribution in [0.3, 0.4) is 0 Å². The minimum atomic E-state index is -0.872. The quantitative estimate of drug-likeness (QED) is 0.395. The van der Waals surface area contributed by atoms with Crippen LogP contribution in [-0.2, 0) is 11.3 Å². The van der Waals surface area contributed by atoms with Crippen molar-refractivity contribution in [2.45, 2.75) is 39.3 Å². The molecule has 0 saturated carbocycles. The van der Waals surface area contributed by atoms with Gasteiger partial charge in [0.1, 0.15) is 11.8 Å². The van der Waals surface area contributed by atoms with Crippen molar-refractivity contribution < 1.29 is 50.1 Å². The average molecular weight is 455 g/mol.